The molecule has 0 aromatic heterocycles. The summed E-state index contributed by atoms with van der Waals surface area (Å²) in [4.78, 5) is 85.9. The molecular weight excluding hydrogens is 671 g/mol. The molecule has 0 radical (unpaired) electrons. The van der Waals surface area contributed by atoms with Crippen molar-refractivity contribution in [1.82, 2.24) is 20.4 Å². The van der Waals surface area contributed by atoms with E-state index in [0.29, 0.717) is 61.6 Å². The van der Waals surface area contributed by atoms with Crippen LogP contribution in [0.2, 0.25) is 0 Å². The zero-order chi connectivity index (χ0) is 36.1. The zero-order valence-corrected chi connectivity index (χ0v) is 29.2. The SMILES string of the molecule is O=C1N[C@]2(C(=O)NCC3CC3)C[C@@H]2/C=C\CCCCC[C@H](Nc2c(N3CCC3)c(=O)c2=O)C(=O)N2C[C@H](OC(=O)N3Cc4cccc(F)c4C3)C[C@@H]12. The van der Waals surface area contributed by atoms with Gasteiger partial charge in [-0.3, -0.25) is 28.9 Å². The lowest BCUT2D eigenvalue weighted by Gasteiger charge is -2.36. The Hall–Kier alpha value is -4.75. The lowest BCUT2D eigenvalue weighted by molar-refractivity contribution is -0.140. The molecule has 4 heterocycles. The number of allylic oxidation sites excluding steroid dienone is 1. The minimum absolute atomic E-state index is 0.00932. The first-order valence-corrected chi connectivity index (χ1v) is 18.8. The average molecular weight is 717 g/mol. The number of amides is 4. The summed E-state index contributed by atoms with van der Waals surface area (Å²) in [5.41, 5.74) is -0.845. The number of hydrogen-bond donors (Lipinski definition) is 3. The van der Waals surface area contributed by atoms with Gasteiger partial charge >= 0.3 is 6.09 Å². The molecule has 0 bridgehead atoms. The van der Waals surface area contributed by atoms with E-state index in [1.54, 1.807) is 12.1 Å². The number of rotatable bonds is 7. The number of nitrogens with one attached hydrogen (secondary N) is 3. The molecule has 5 atom stereocenters. The van der Waals surface area contributed by atoms with Crippen LogP contribution in [0.3, 0.4) is 0 Å². The van der Waals surface area contributed by atoms with Gasteiger partial charge in [0.25, 0.3) is 10.9 Å². The molecule has 2 aliphatic carbocycles. The minimum atomic E-state index is -1.15. The van der Waals surface area contributed by atoms with Crippen molar-refractivity contribution in [2.75, 3.05) is 36.4 Å². The molecule has 3 N–H and O–H groups in total. The Kier molecular flexibility index (Phi) is 9.02. The fourth-order valence-electron chi connectivity index (χ4n) is 8.14. The summed E-state index contributed by atoms with van der Waals surface area (Å²) < 4.78 is 20.4. The Bertz CT molecular complexity index is 1880. The van der Waals surface area contributed by atoms with Gasteiger partial charge in [0.05, 0.1) is 13.1 Å². The number of ether oxygens (including phenoxy) is 1. The van der Waals surface area contributed by atoms with Crippen LogP contribution >= 0.6 is 0 Å². The van der Waals surface area contributed by atoms with Gasteiger partial charge in [-0.25, -0.2) is 9.18 Å². The topological polar surface area (TPSA) is 157 Å². The molecule has 276 valence electrons. The molecule has 0 spiro atoms. The molecular formula is C38H45FN6O7. The van der Waals surface area contributed by atoms with Crippen LogP contribution in [-0.2, 0) is 32.2 Å². The van der Waals surface area contributed by atoms with Crippen molar-refractivity contribution in [3.8, 4) is 0 Å². The van der Waals surface area contributed by atoms with Gasteiger partial charge in [-0.05, 0) is 62.5 Å². The first-order valence-electron chi connectivity index (χ1n) is 18.8. The van der Waals surface area contributed by atoms with Crippen molar-refractivity contribution in [3.63, 3.8) is 0 Å². The second kappa shape index (κ2) is 13.7. The highest BCUT2D eigenvalue weighted by Crippen LogP contribution is 2.46. The van der Waals surface area contributed by atoms with Crippen molar-refractivity contribution in [1.29, 1.82) is 0 Å². The van der Waals surface area contributed by atoms with E-state index >= 15 is 0 Å². The van der Waals surface area contributed by atoms with Gasteiger partial charge in [0.2, 0.25) is 17.7 Å². The monoisotopic (exact) mass is 716 g/mol. The van der Waals surface area contributed by atoms with Crippen LogP contribution in [0.15, 0.2) is 39.9 Å². The van der Waals surface area contributed by atoms with E-state index in [1.165, 1.54) is 15.9 Å². The highest BCUT2D eigenvalue weighted by molar-refractivity contribution is 5.98. The van der Waals surface area contributed by atoms with E-state index < -0.39 is 58.3 Å². The van der Waals surface area contributed by atoms with Crippen LogP contribution in [0, 0.1) is 17.7 Å². The number of anilines is 2. The zero-order valence-electron chi connectivity index (χ0n) is 29.2. The Morgan fingerprint density at radius 2 is 1.83 bits per heavy atom. The standard InChI is InChI=1S/C38H45FN6O7/c39-27-10-6-8-23-19-44(21-26(23)27)37(51)52-25-16-29-34(48)42-38(36(50)40-18-22-12-13-22)17-24(38)9-4-2-1-3-5-11-28(35(49)45(29)20-25)41-30-31(33(47)32(30)46)43-14-7-15-43/h4,6,8-10,22,24-25,28-29,41H,1-3,5,7,11-21H2,(H,40,50)(H,42,48)/b9-4-/t24-,25+,28-,29-,38+/m0/s1. The molecule has 52 heavy (non-hydrogen) atoms. The van der Waals surface area contributed by atoms with E-state index in [9.17, 15) is 33.2 Å². The van der Waals surface area contributed by atoms with Crippen molar-refractivity contribution in [2.24, 2.45) is 11.8 Å². The Morgan fingerprint density at radius 1 is 1.00 bits per heavy atom. The van der Waals surface area contributed by atoms with Crippen LogP contribution in [0.5, 0.6) is 0 Å². The molecule has 2 aromatic carbocycles. The first kappa shape index (κ1) is 34.3. The predicted molar refractivity (Wildman–Crippen MR) is 189 cm³/mol. The summed E-state index contributed by atoms with van der Waals surface area (Å²) in [6.07, 6.45) is 9.40. The van der Waals surface area contributed by atoms with Gasteiger partial charge in [0.15, 0.2) is 0 Å². The van der Waals surface area contributed by atoms with Gasteiger partial charge in [-0.15, -0.1) is 0 Å². The van der Waals surface area contributed by atoms with Crippen LogP contribution < -0.4 is 31.7 Å². The number of benzene rings is 1. The number of hydrogen-bond acceptors (Lipinski definition) is 9. The van der Waals surface area contributed by atoms with Gasteiger partial charge in [0, 0.05) is 44.1 Å². The minimum Gasteiger partial charge on any atom is -0.444 e. The van der Waals surface area contributed by atoms with E-state index in [-0.39, 0.29) is 43.6 Å². The molecule has 4 aliphatic heterocycles. The lowest BCUT2D eigenvalue weighted by atomic mass is 10.0. The largest absolute Gasteiger partial charge is 0.444 e. The summed E-state index contributed by atoms with van der Waals surface area (Å²) >= 11 is 0. The number of fused-ring (bicyclic) bond motifs is 3. The molecule has 2 aromatic rings. The van der Waals surface area contributed by atoms with Gasteiger partial charge < -0.3 is 30.5 Å². The normalized spacial score (nSPS) is 29.5. The molecule has 4 amide bonds. The van der Waals surface area contributed by atoms with E-state index in [1.807, 2.05) is 11.0 Å². The first-order chi connectivity index (χ1) is 25.1. The maximum absolute atomic E-state index is 14.6. The highest BCUT2D eigenvalue weighted by Gasteiger charge is 2.61. The average Bonchev–Trinajstić information content (AvgIpc) is 3.97. The maximum atomic E-state index is 14.6. The van der Waals surface area contributed by atoms with Gasteiger partial charge in [-0.2, -0.15) is 0 Å². The third-order valence-electron chi connectivity index (χ3n) is 11.7. The van der Waals surface area contributed by atoms with Crippen molar-refractivity contribution < 1.29 is 28.3 Å². The molecule has 4 fully saturated rings. The summed E-state index contributed by atoms with van der Waals surface area (Å²) in [5.74, 6) is -1.37. The fourth-order valence-corrected chi connectivity index (χ4v) is 8.14. The summed E-state index contributed by atoms with van der Waals surface area (Å²) in [6.45, 7) is 1.97. The van der Waals surface area contributed by atoms with Crippen LogP contribution in [0.25, 0.3) is 0 Å². The van der Waals surface area contributed by atoms with Crippen LogP contribution in [0.4, 0.5) is 20.6 Å². The van der Waals surface area contributed by atoms with Crippen molar-refractivity contribution >= 4 is 35.2 Å². The Morgan fingerprint density at radius 3 is 2.58 bits per heavy atom. The summed E-state index contributed by atoms with van der Waals surface area (Å²) in [5, 5.41) is 9.17. The molecule has 0 unspecified atom stereocenters. The number of halogens is 1. The molecule has 8 rings (SSSR count). The summed E-state index contributed by atoms with van der Waals surface area (Å²) in [6, 6.07) is 2.70. The predicted octanol–water partition coefficient (Wildman–Crippen LogP) is 2.46. The van der Waals surface area contributed by atoms with Gasteiger partial charge in [-0.1, -0.05) is 37.1 Å². The van der Waals surface area contributed by atoms with Crippen LogP contribution in [-0.4, -0.2) is 83.5 Å². The van der Waals surface area contributed by atoms with E-state index in [0.717, 1.165) is 38.5 Å². The Labute approximate surface area is 300 Å². The van der Waals surface area contributed by atoms with Crippen molar-refractivity contribution in [2.45, 2.75) is 101 Å². The third-order valence-corrected chi connectivity index (χ3v) is 11.7. The van der Waals surface area contributed by atoms with Crippen LogP contribution in [0.1, 0.15) is 75.3 Å². The summed E-state index contributed by atoms with van der Waals surface area (Å²) in [7, 11) is 0. The van der Waals surface area contributed by atoms with E-state index in [4.69, 9.17) is 4.74 Å². The second-order valence-corrected chi connectivity index (χ2v) is 15.4. The second-order valence-electron chi connectivity index (χ2n) is 15.4. The highest BCUT2D eigenvalue weighted by atomic mass is 19.1. The number of carbonyl (C=O) groups is 4. The lowest BCUT2D eigenvalue weighted by Crippen LogP contribution is -2.57. The third kappa shape index (κ3) is 6.44. The van der Waals surface area contributed by atoms with E-state index in [2.05, 4.69) is 22.0 Å². The van der Waals surface area contributed by atoms with Crippen molar-refractivity contribution in [3.05, 3.63) is 67.7 Å². The number of carbonyl (C=O) groups excluding carboxylic acids is 4. The fraction of sp³-hybridized carbons (Fsp3) is 0.579. The Balaban J connectivity index is 1.05. The smallest absolute Gasteiger partial charge is 0.410 e. The molecule has 2 saturated heterocycles. The molecule has 6 aliphatic rings. The van der Waals surface area contributed by atoms with Gasteiger partial charge in [0.1, 0.15) is 40.9 Å². The molecule has 13 nitrogen and oxygen atoms in total. The molecule has 14 heteroatoms. The molecule has 2 saturated carbocycles. The quantitative estimate of drug-likeness (QED) is 0.289. The number of nitrogens with zero attached hydrogens (tertiary/aromatic N) is 3. The maximum Gasteiger partial charge on any atom is 0.410 e.